The lowest BCUT2D eigenvalue weighted by molar-refractivity contribution is 0.168. The summed E-state index contributed by atoms with van der Waals surface area (Å²) in [7, 11) is 0. The fourth-order valence-electron chi connectivity index (χ4n) is 1.78. The molecular weight excluding hydrogens is 319 g/mol. The summed E-state index contributed by atoms with van der Waals surface area (Å²) < 4.78 is 5.78. The van der Waals surface area contributed by atoms with Gasteiger partial charge in [-0.25, -0.2) is 9.36 Å². The molecule has 8 heteroatoms. The second-order valence-electron chi connectivity index (χ2n) is 4.05. The van der Waals surface area contributed by atoms with Crippen LogP contribution in [0.3, 0.4) is 0 Å². The fourth-order valence-corrected chi connectivity index (χ4v) is 2.29. The highest BCUT2D eigenvalue weighted by molar-refractivity contribution is 6.34. The van der Waals surface area contributed by atoms with Crippen LogP contribution >= 0.6 is 23.2 Å². The molecule has 3 N–H and O–H groups in total. The van der Waals surface area contributed by atoms with Crippen molar-refractivity contribution in [1.82, 2.24) is 4.57 Å². The summed E-state index contributed by atoms with van der Waals surface area (Å²) in [6.07, 6.45) is -0.742. The van der Waals surface area contributed by atoms with Gasteiger partial charge in [0.25, 0.3) is 0 Å². The number of nitrogens with zero attached hydrogens (tertiary/aromatic N) is 1. The van der Waals surface area contributed by atoms with Crippen molar-refractivity contribution < 1.29 is 19.7 Å². The van der Waals surface area contributed by atoms with E-state index in [2.05, 4.69) is 5.32 Å². The van der Waals surface area contributed by atoms with E-state index < -0.39 is 6.09 Å². The van der Waals surface area contributed by atoms with Crippen LogP contribution in [0.25, 0.3) is 5.69 Å². The maximum atomic E-state index is 11.4. The first-order chi connectivity index (χ1) is 9.92. The Balaban J connectivity index is 2.41. The van der Waals surface area contributed by atoms with Gasteiger partial charge in [-0.3, -0.25) is 5.32 Å². The molecule has 112 valence electrons. The summed E-state index contributed by atoms with van der Waals surface area (Å²) in [6, 6.07) is 5.70. The van der Waals surface area contributed by atoms with E-state index in [1.165, 1.54) is 24.3 Å². The Kier molecular flexibility index (Phi) is 4.50. The lowest BCUT2D eigenvalue weighted by atomic mass is 10.3. The quantitative estimate of drug-likeness (QED) is 0.799. The van der Waals surface area contributed by atoms with Crippen molar-refractivity contribution >= 4 is 35.0 Å². The van der Waals surface area contributed by atoms with Gasteiger partial charge in [-0.05, 0) is 25.1 Å². The van der Waals surface area contributed by atoms with Crippen molar-refractivity contribution in [2.75, 3.05) is 11.9 Å². The number of nitrogens with one attached hydrogen (secondary N) is 1. The van der Waals surface area contributed by atoms with Gasteiger partial charge in [0.2, 0.25) is 11.8 Å². The molecule has 0 aliphatic heterocycles. The Morgan fingerprint density at radius 3 is 2.43 bits per heavy atom. The van der Waals surface area contributed by atoms with Crippen LogP contribution in [0.15, 0.2) is 24.3 Å². The number of aromatic nitrogens is 1. The summed E-state index contributed by atoms with van der Waals surface area (Å²) in [5.41, 5.74) is 0.349. The van der Waals surface area contributed by atoms with E-state index in [4.69, 9.17) is 27.9 Å². The first-order valence-electron chi connectivity index (χ1n) is 5.96. The predicted molar refractivity (Wildman–Crippen MR) is 79.8 cm³/mol. The van der Waals surface area contributed by atoms with Gasteiger partial charge in [-0.2, -0.15) is 0 Å². The Morgan fingerprint density at radius 1 is 1.24 bits per heavy atom. The van der Waals surface area contributed by atoms with E-state index >= 15 is 0 Å². The Hall–Kier alpha value is -2.05. The molecule has 0 saturated carbocycles. The number of ether oxygens (including phenoxy) is 1. The number of halogens is 2. The molecule has 2 rings (SSSR count). The van der Waals surface area contributed by atoms with Gasteiger partial charge in [-0.15, -0.1) is 0 Å². The highest BCUT2D eigenvalue weighted by atomic mass is 35.5. The van der Waals surface area contributed by atoms with Crippen LogP contribution in [0.1, 0.15) is 6.92 Å². The minimum absolute atomic E-state index is 0.00190. The first kappa shape index (κ1) is 15.3. The van der Waals surface area contributed by atoms with E-state index in [1.54, 1.807) is 6.92 Å². The van der Waals surface area contributed by atoms with Gasteiger partial charge in [0.1, 0.15) is 5.69 Å². The lowest BCUT2D eigenvalue weighted by Gasteiger charge is -2.09. The molecule has 0 aliphatic carbocycles. The third-order valence-electron chi connectivity index (χ3n) is 2.57. The fraction of sp³-hybridized carbons (Fsp3) is 0.154. The zero-order chi connectivity index (χ0) is 15.6. The predicted octanol–water partition coefficient (Wildman–Crippen LogP) is 3.76. The highest BCUT2D eigenvalue weighted by Crippen LogP contribution is 2.37. The number of rotatable bonds is 3. The van der Waals surface area contributed by atoms with Gasteiger partial charge in [0, 0.05) is 16.1 Å². The van der Waals surface area contributed by atoms with Crippen LogP contribution < -0.4 is 5.32 Å². The molecule has 2 aromatic rings. The molecule has 0 aliphatic rings. The molecule has 21 heavy (non-hydrogen) atoms. The van der Waals surface area contributed by atoms with Crippen LogP contribution in [-0.2, 0) is 4.74 Å². The molecule has 0 spiro atoms. The van der Waals surface area contributed by atoms with Crippen LogP contribution in [-0.4, -0.2) is 27.5 Å². The molecule has 1 aromatic heterocycles. The molecule has 0 bridgehead atoms. The number of carbonyl (C=O) groups excluding carboxylic acids is 1. The largest absolute Gasteiger partial charge is 0.494 e. The van der Waals surface area contributed by atoms with Crippen LogP contribution in [0.4, 0.5) is 10.5 Å². The average molecular weight is 331 g/mol. The Bertz CT molecular complexity index is 665. The zero-order valence-corrected chi connectivity index (χ0v) is 12.4. The third kappa shape index (κ3) is 3.34. The van der Waals surface area contributed by atoms with E-state index in [0.29, 0.717) is 15.7 Å². The number of anilines is 1. The maximum Gasteiger partial charge on any atom is 0.411 e. The molecular formula is C13H12Cl2N2O4. The normalized spacial score (nSPS) is 10.4. The van der Waals surface area contributed by atoms with E-state index in [-0.39, 0.29) is 24.1 Å². The topological polar surface area (TPSA) is 83.7 Å². The second-order valence-corrected chi connectivity index (χ2v) is 4.92. The lowest BCUT2D eigenvalue weighted by Crippen LogP contribution is -2.12. The van der Waals surface area contributed by atoms with Crippen molar-refractivity contribution in [3.63, 3.8) is 0 Å². The van der Waals surface area contributed by atoms with Crippen molar-refractivity contribution in [1.29, 1.82) is 0 Å². The summed E-state index contributed by atoms with van der Waals surface area (Å²) in [6.45, 7) is 1.83. The van der Waals surface area contributed by atoms with Crippen molar-refractivity contribution in [3.05, 3.63) is 34.3 Å². The standard InChI is InChI=1S/C13H12Cl2N2O4/c1-2-21-13(20)16-10-6-11(18)17(12(10)19)9-4-7(14)3-8(15)5-9/h3-6,18-19H,2H2,1H3,(H,16,20). The SMILES string of the molecule is CCOC(=O)Nc1cc(O)n(-c2cc(Cl)cc(Cl)c2)c1O. The summed E-state index contributed by atoms with van der Waals surface area (Å²) in [5.74, 6) is -0.670. The van der Waals surface area contributed by atoms with Crippen molar-refractivity contribution in [3.8, 4) is 17.4 Å². The van der Waals surface area contributed by atoms with Gasteiger partial charge in [0.15, 0.2) is 0 Å². The Labute approximate surface area is 130 Å². The number of hydrogen-bond donors (Lipinski definition) is 3. The Morgan fingerprint density at radius 2 is 1.86 bits per heavy atom. The maximum absolute atomic E-state index is 11.4. The first-order valence-corrected chi connectivity index (χ1v) is 6.72. The second kappa shape index (κ2) is 6.15. The highest BCUT2D eigenvalue weighted by Gasteiger charge is 2.18. The number of amides is 1. The van der Waals surface area contributed by atoms with Crippen molar-refractivity contribution in [2.24, 2.45) is 0 Å². The third-order valence-corrected chi connectivity index (χ3v) is 3.01. The van der Waals surface area contributed by atoms with Gasteiger partial charge in [-0.1, -0.05) is 23.2 Å². The van der Waals surface area contributed by atoms with E-state index in [1.807, 2.05) is 0 Å². The summed E-state index contributed by atoms with van der Waals surface area (Å²) in [5, 5.41) is 23.0. The van der Waals surface area contributed by atoms with E-state index in [9.17, 15) is 15.0 Å². The number of aromatic hydroxyl groups is 2. The van der Waals surface area contributed by atoms with Crippen LogP contribution in [0.2, 0.25) is 10.0 Å². The zero-order valence-electron chi connectivity index (χ0n) is 10.9. The summed E-state index contributed by atoms with van der Waals surface area (Å²) >= 11 is 11.8. The molecule has 1 aromatic carbocycles. The minimum atomic E-state index is -0.742. The number of carbonyl (C=O) groups is 1. The monoisotopic (exact) mass is 330 g/mol. The minimum Gasteiger partial charge on any atom is -0.494 e. The molecule has 1 amide bonds. The smallest absolute Gasteiger partial charge is 0.411 e. The number of benzene rings is 1. The van der Waals surface area contributed by atoms with Crippen LogP contribution in [0.5, 0.6) is 11.8 Å². The number of hydrogen-bond acceptors (Lipinski definition) is 4. The van der Waals surface area contributed by atoms with E-state index in [0.717, 1.165) is 4.57 Å². The molecule has 1 heterocycles. The van der Waals surface area contributed by atoms with Gasteiger partial charge >= 0.3 is 6.09 Å². The molecule has 0 fully saturated rings. The average Bonchev–Trinajstić information content (AvgIpc) is 2.63. The summed E-state index contributed by atoms with van der Waals surface area (Å²) in [4.78, 5) is 11.4. The van der Waals surface area contributed by atoms with Gasteiger partial charge in [0.05, 0.1) is 12.3 Å². The molecule has 0 unspecified atom stereocenters. The molecule has 6 nitrogen and oxygen atoms in total. The molecule has 0 radical (unpaired) electrons. The molecule has 0 saturated heterocycles. The van der Waals surface area contributed by atoms with Gasteiger partial charge < -0.3 is 14.9 Å². The molecule has 0 atom stereocenters. The van der Waals surface area contributed by atoms with Crippen molar-refractivity contribution in [2.45, 2.75) is 6.92 Å². The van der Waals surface area contributed by atoms with Crippen LogP contribution in [0, 0.1) is 0 Å².